The maximum absolute atomic E-state index is 12.7. The summed E-state index contributed by atoms with van der Waals surface area (Å²) in [7, 11) is 0. The van der Waals surface area contributed by atoms with E-state index >= 15 is 0 Å². The van der Waals surface area contributed by atoms with Gasteiger partial charge in [0.2, 0.25) is 5.91 Å². The van der Waals surface area contributed by atoms with Crippen LogP contribution in [0.4, 0.5) is 0 Å². The van der Waals surface area contributed by atoms with E-state index in [0.717, 1.165) is 19.4 Å². The van der Waals surface area contributed by atoms with E-state index in [2.05, 4.69) is 43.0 Å². The molecule has 0 heterocycles. The van der Waals surface area contributed by atoms with Gasteiger partial charge in [0.1, 0.15) is 0 Å². The highest BCUT2D eigenvalue weighted by molar-refractivity contribution is 5.79. The number of hydrogen-bond acceptors (Lipinski definition) is 1. The van der Waals surface area contributed by atoms with Crippen LogP contribution in [0.2, 0.25) is 0 Å². The number of amides is 1. The molecule has 1 aromatic rings. The van der Waals surface area contributed by atoms with Crippen molar-refractivity contribution >= 4 is 5.91 Å². The second kappa shape index (κ2) is 6.21. The fraction of sp³-hybridized carbons (Fsp3) is 0.632. The highest BCUT2D eigenvalue weighted by Crippen LogP contribution is 2.34. The number of carbonyl (C=O) groups excluding carboxylic acids is 1. The van der Waals surface area contributed by atoms with Crippen molar-refractivity contribution in [2.24, 2.45) is 5.92 Å². The van der Waals surface area contributed by atoms with Gasteiger partial charge in [-0.2, -0.15) is 0 Å². The molecule has 2 aliphatic rings. The summed E-state index contributed by atoms with van der Waals surface area (Å²) < 4.78 is 0. The van der Waals surface area contributed by atoms with Gasteiger partial charge in [-0.15, -0.1) is 0 Å². The Labute approximate surface area is 128 Å². The van der Waals surface area contributed by atoms with E-state index in [1.165, 1.54) is 36.8 Å². The normalized spacial score (nSPS) is 19.2. The lowest BCUT2D eigenvalue weighted by atomic mass is 10.0. The molecule has 1 aromatic carbocycles. The van der Waals surface area contributed by atoms with Crippen molar-refractivity contribution in [2.45, 2.75) is 70.9 Å². The molecule has 0 unspecified atom stereocenters. The van der Waals surface area contributed by atoms with Crippen molar-refractivity contribution in [2.75, 3.05) is 0 Å². The SMILES string of the molecule is CC(C)c1ccc(CN(C(=O)C2CCCC2)C2CC2)cc1. The molecule has 2 saturated carbocycles. The zero-order valence-electron chi connectivity index (χ0n) is 13.3. The van der Waals surface area contributed by atoms with Crippen LogP contribution in [0.3, 0.4) is 0 Å². The number of hydrogen-bond donors (Lipinski definition) is 0. The van der Waals surface area contributed by atoms with Crippen molar-refractivity contribution in [3.8, 4) is 0 Å². The molecule has 0 saturated heterocycles. The van der Waals surface area contributed by atoms with Crippen molar-refractivity contribution in [1.29, 1.82) is 0 Å². The molecule has 2 fully saturated rings. The first-order valence-corrected chi connectivity index (χ1v) is 8.54. The maximum Gasteiger partial charge on any atom is 0.226 e. The molecule has 0 aliphatic heterocycles. The van der Waals surface area contributed by atoms with Crippen LogP contribution >= 0.6 is 0 Å². The Morgan fingerprint density at radius 3 is 2.24 bits per heavy atom. The minimum atomic E-state index is 0.306. The minimum absolute atomic E-state index is 0.306. The number of benzene rings is 1. The van der Waals surface area contributed by atoms with E-state index in [4.69, 9.17) is 0 Å². The predicted molar refractivity (Wildman–Crippen MR) is 86.1 cm³/mol. The minimum Gasteiger partial charge on any atom is -0.335 e. The molecule has 2 nitrogen and oxygen atoms in total. The van der Waals surface area contributed by atoms with Gasteiger partial charge >= 0.3 is 0 Å². The topological polar surface area (TPSA) is 20.3 Å². The predicted octanol–water partition coefficient (Wildman–Crippen LogP) is 4.49. The molecule has 114 valence electrons. The summed E-state index contributed by atoms with van der Waals surface area (Å²) in [5, 5.41) is 0. The Hall–Kier alpha value is -1.31. The summed E-state index contributed by atoms with van der Waals surface area (Å²) in [6.45, 7) is 5.24. The molecule has 2 aliphatic carbocycles. The molecule has 3 rings (SSSR count). The van der Waals surface area contributed by atoms with Crippen molar-refractivity contribution in [3.63, 3.8) is 0 Å². The van der Waals surface area contributed by atoms with Crippen LogP contribution in [-0.2, 0) is 11.3 Å². The Kier molecular flexibility index (Phi) is 4.32. The average Bonchev–Trinajstić information content (AvgIpc) is 3.18. The van der Waals surface area contributed by atoms with Gasteiger partial charge in [0, 0.05) is 18.5 Å². The molecule has 0 N–H and O–H groups in total. The third-order valence-corrected chi connectivity index (χ3v) is 4.97. The molecule has 2 heteroatoms. The fourth-order valence-corrected chi connectivity index (χ4v) is 3.39. The maximum atomic E-state index is 12.7. The average molecular weight is 285 g/mol. The highest BCUT2D eigenvalue weighted by atomic mass is 16.2. The number of carbonyl (C=O) groups is 1. The molecular weight excluding hydrogens is 258 g/mol. The van der Waals surface area contributed by atoms with Crippen LogP contribution in [0.5, 0.6) is 0 Å². The lowest BCUT2D eigenvalue weighted by Gasteiger charge is -2.26. The molecule has 1 amide bonds. The molecule has 21 heavy (non-hydrogen) atoms. The first kappa shape index (κ1) is 14.6. The Balaban J connectivity index is 1.68. The van der Waals surface area contributed by atoms with Gasteiger partial charge in [-0.05, 0) is 42.7 Å². The lowest BCUT2D eigenvalue weighted by Crippen LogP contribution is -2.36. The van der Waals surface area contributed by atoms with Crippen molar-refractivity contribution < 1.29 is 4.79 Å². The second-order valence-corrected chi connectivity index (χ2v) is 7.07. The van der Waals surface area contributed by atoms with E-state index < -0.39 is 0 Å². The van der Waals surface area contributed by atoms with Crippen LogP contribution in [0.1, 0.15) is 69.4 Å². The molecule has 0 spiro atoms. The molecule has 0 radical (unpaired) electrons. The third-order valence-electron chi connectivity index (χ3n) is 4.97. The summed E-state index contributed by atoms with van der Waals surface area (Å²) in [5.41, 5.74) is 2.65. The lowest BCUT2D eigenvalue weighted by molar-refractivity contribution is -0.136. The second-order valence-electron chi connectivity index (χ2n) is 7.07. The first-order chi connectivity index (χ1) is 10.1. The highest BCUT2D eigenvalue weighted by Gasteiger charge is 2.36. The van der Waals surface area contributed by atoms with Crippen LogP contribution in [0.15, 0.2) is 24.3 Å². The van der Waals surface area contributed by atoms with E-state index in [1.54, 1.807) is 0 Å². The van der Waals surface area contributed by atoms with E-state index in [9.17, 15) is 4.79 Å². The van der Waals surface area contributed by atoms with Gasteiger partial charge in [0.25, 0.3) is 0 Å². The quantitative estimate of drug-likeness (QED) is 0.780. The summed E-state index contributed by atoms with van der Waals surface area (Å²) in [6, 6.07) is 9.35. The Morgan fingerprint density at radius 1 is 1.10 bits per heavy atom. The fourth-order valence-electron chi connectivity index (χ4n) is 3.39. The Morgan fingerprint density at radius 2 is 1.71 bits per heavy atom. The van der Waals surface area contributed by atoms with Crippen LogP contribution < -0.4 is 0 Å². The van der Waals surface area contributed by atoms with Gasteiger partial charge < -0.3 is 4.90 Å². The Bertz CT molecular complexity index is 481. The third kappa shape index (κ3) is 3.48. The van der Waals surface area contributed by atoms with Crippen molar-refractivity contribution in [1.82, 2.24) is 4.90 Å². The molecule has 0 bridgehead atoms. The van der Waals surface area contributed by atoms with Gasteiger partial charge in [-0.25, -0.2) is 0 Å². The molecule has 0 aromatic heterocycles. The zero-order chi connectivity index (χ0) is 14.8. The van der Waals surface area contributed by atoms with E-state index in [0.29, 0.717) is 23.8 Å². The van der Waals surface area contributed by atoms with Gasteiger partial charge in [-0.1, -0.05) is 51.0 Å². The largest absolute Gasteiger partial charge is 0.335 e. The monoisotopic (exact) mass is 285 g/mol. The molecule has 0 atom stereocenters. The van der Waals surface area contributed by atoms with Crippen LogP contribution in [0, 0.1) is 5.92 Å². The first-order valence-electron chi connectivity index (χ1n) is 8.54. The van der Waals surface area contributed by atoms with E-state index in [1.807, 2.05) is 0 Å². The number of rotatable bonds is 5. The van der Waals surface area contributed by atoms with Crippen LogP contribution in [0.25, 0.3) is 0 Å². The summed E-state index contributed by atoms with van der Waals surface area (Å²) in [6.07, 6.45) is 7.07. The van der Waals surface area contributed by atoms with E-state index in [-0.39, 0.29) is 0 Å². The van der Waals surface area contributed by atoms with Crippen molar-refractivity contribution in [3.05, 3.63) is 35.4 Å². The summed E-state index contributed by atoms with van der Waals surface area (Å²) in [5.74, 6) is 1.29. The summed E-state index contributed by atoms with van der Waals surface area (Å²) >= 11 is 0. The molecular formula is C19H27NO. The van der Waals surface area contributed by atoms with Gasteiger partial charge in [0.15, 0.2) is 0 Å². The zero-order valence-corrected chi connectivity index (χ0v) is 13.3. The standard InChI is InChI=1S/C19H27NO/c1-14(2)16-9-7-15(8-10-16)13-20(18-11-12-18)19(21)17-5-3-4-6-17/h7-10,14,17-18H,3-6,11-13H2,1-2H3. The van der Waals surface area contributed by atoms with Gasteiger partial charge in [0.05, 0.1) is 0 Å². The smallest absolute Gasteiger partial charge is 0.226 e. The van der Waals surface area contributed by atoms with Crippen LogP contribution in [-0.4, -0.2) is 16.8 Å². The van der Waals surface area contributed by atoms with Gasteiger partial charge in [-0.3, -0.25) is 4.79 Å². The summed E-state index contributed by atoms with van der Waals surface area (Å²) in [4.78, 5) is 14.9. The number of nitrogens with zero attached hydrogens (tertiary/aromatic N) is 1.